The number of nitrogens with zero attached hydrogens (tertiary/aromatic N) is 2. The molecule has 0 radical (unpaired) electrons. The van der Waals surface area contributed by atoms with Gasteiger partial charge >= 0.3 is 5.97 Å². The Morgan fingerprint density at radius 3 is 2.90 bits per heavy atom. The van der Waals surface area contributed by atoms with E-state index >= 15 is 0 Å². The summed E-state index contributed by atoms with van der Waals surface area (Å²) in [6.45, 7) is 2.13. The predicted octanol–water partition coefficient (Wildman–Crippen LogP) is 2.73. The summed E-state index contributed by atoms with van der Waals surface area (Å²) in [4.78, 5) is 23.1. The average molecular weight is 284 g/mol. The number of carboxylic acid groups (broad SMARTS) is 1. The molecule has 108 valence electrons. The molecule has 0 aliphatic heterocycles. The van der Waals surface area contributed by atoms with Crippen molar-refractivity contribution in [3.05, 3.63) is 29.6 Å². The number of carbonyl (C=O) groups is 1. The molecule has 0 fully saturated rings. The van der Waals surface area contributed by atoms with Gasteiger partial charge in [0.2, 0.25) is 0 Å². The normalized spacial score (nSPS) is 11.3. The van der Waals surface area contributed by atoms with E-state index < -0.39 is 5.97 Å². The van der Waals surface area contributed by atoms with Crippen LogP contribution in [0.15, 0.2) is 18.2 Å². The molecule has 0 spiro atoms. The number of nitrogens with one attached hydrogen (secondary N) is 1. The maximum absolute atomic E-state index is 11.0. The van der Waals surface area contributed by atoms with E-state index in [-0.39, 0.29) is 5.56 Å². The Balaban J connectivity index is 2.22. The number of nitrogen functional groups attached to an aromatic ring is 1. The molecule has 21 heavy (non-hydrogen) atoms. The number of hydrogen-bond donors (Lipinski definition) is 3. The number of fused-ring (bicyclic) bond motifs is 3. The third kappa shape index (κ3) is 2.29. The van der Waals surface area contributed by atoms with Gasteiger partial charge in [-0.1, -0.05) is 13.3 Å². The zero-order valence-corrected chi connectivity index (χ0v) is 11.7. The first-order chi connectivity index (χ1) is 10.1. The van der Waals surface area contributed by atoms with Gasteiger partial charge in [-0.2, -0.15) is 0 Å². The van der Waals surface area contributed by atoms with Gasteiger partial charge in [-0.15, -0.1) is 0 Å². The van der Waals surface area contributed by atoms with E-state index in [1.165, 1.54) is 6.07 Å². The number of imidazole rings is 1. The first-order valence-corrected chi connectivity index (χ1v) is 6.91. The van der Waals surface area contributed by atoms with E-state index in [0.29, 0.717) is 16.9 Å². The van der Waals surface area contributed by atoms with E-state index in [1.54, 1.807) is 12.1 Å². The van der Waals surface area contributed by atoms with Crippen LogP contribution < -0.4 is 5.73 Å². The number of H-pyrrole nitrogens is 1. The fourth-order valence-corrected chi connectivity index (χ4v) is 2.42. The SMILES string of the molecule is CCCCc1nc2c(N)nc3cc(C(=O)O)ccc3c2[nH]1. The van der Waals surface area contributed by atoms with Crippen LogP contribution in [-0.4, -0.2) is 26.0 Å². The molecule has 4 N–H and O–H groups in total. The Morgan fingerprint density at radius 1 is 1.38 bits per heavy atom. The van der Waals surface area contributed by atoms with Crippen molar-refractivity contribution in [2.45, 2.75) is 26.2 Å². The summed E-state index contributed by atoms with van der Waals surface area (Å²) in [5, 5.41) is 9.88. The highest BCUT2D eigenvalue weighted by Crippen LogP contribution is 2.27. The second-order valence-corrected chi connectivity index (χ2v) is 5.04. The molecule has 0 bridgehead atoms. The molecule has 0 saturated heterocycles. The summed E-state index contributed by atoms with van der Waals surface area (Å²) in [6.07, 6.45) is 3.00. The van der Waals surface area contributed by atoms with Crippen molar-refractivity contribution < 1.29 is 9.90 Å². The number of aromatic carboxylic acids is 1. The number of aryl methyl sites for hydroxylation is 1. The molecule has 0 amide bonds. The van der Waals surface area contributed by atoms with E-state index in [0.717, 1.165) is 36.0 Å². The maximum atomic E-state index is 11.0. The van der Waals surface area contributed by atoms with Crippen LogP contribution in [0.5, 0.6) is 0 Å². The molecule has 0 atom stereocenters. The molecule has 3 rings (SSSR count). The van der Waals surface area contributed by atoms with Crippen LogP contribution >= 0.6 is 0 Å². The number of unbranched alkanes of at least 4 members (excludes halogenated alkanes) is 1. The number of carboxylic acids is 1. The Hall–Kier alpha value is -2.63. The van der Waals surface area contributed by atoms with Gasteiger partial charge in [0.15, 0.2) is 5.82 Å². The summed E-state index contributed by atoms with van der Waals surface area (Å²) < 4.78 is 0. The third-order valence-corrected chi connectivity index (χ3v) is 3.52. The Morgan fingerprint density at radius 2 is 2.19 bits per heavy atom. The van der Waals surface area contributed by atoms with E-state index in [1.807, 2.05) is 0 Å². The number of anilines is 1. The van der Waals surface area contributed by atoms with Gasteiger partial charge in [-0.3, -0.25) is 0 Å². The van der Waals surface area contributed by atoms with Gasteiger partial charge in [-0.05, 0) is 24.6 Å². The topological polar surface area (TPSA) is 105 Å². The van der Waals surface area contributed by atoms with Crippen LogP contribution in [0, 0.1) is 0 Å². The summed E-state index contributed by atoms with van der Waals surface area (Å²) in [7, 11) is 0. The molecule has 0 saturated carbocycles. The minimum Gasteiger partial charge on any atom is -0.478 e. The fourth-order valence-electron chi connectivity index (χ4n) is 2.42. The molecular weight excluding hydrogens is 268 g/mol. The van der Waals surface area contributed by atoms with Crippen molar-refractivity contribution in [3.63, 3.8) is 0 Å². The highest BCUT2D eigenvalue weighted by Gasteiger charge is 2.13. The largest absolute Gasteiger partial charge is 0.478 e. The van der Waals surface area contributed by atoms with Crippen LogP contribution in [0.2, 0.25) is 0 Å². The summed E-state index contributed by atoms with van der Waals surface area (Å²) in [5.41, 5.74) is 8.17. The van der Waals surface area contributed by atoms with Crippen LogP contribution in [0.25, 0.3) is 21.9 Å². The molecule has 3 aromatic rings. The number of aromatic nitrogens is 3. The minimum absolute atomic E-state index is 0.194. The molecule has 2 aromatic heterocycles. The molecule has 1 aromatic carbocycles. The maximum Gasteiger partial charge on any atom is 0.335 e. The van der Waals surface area contributed by atoms with Gasteiger partial charge in [0.05, 0.1) is 16.6 Å². The van der Waals surface area contributed by atoms with Gasteiger partial charge in [0, 0.05) is 11.8 Å². The van der Waals surface area contributed by atoms with Gasteiger partial charge < -0.3 is 15.8 Å². The summed E-state index contributed by atoms with van der Waals surface area (Å²) >= 11 is 0. The molecule has 6 heteroatoms. The average Bonchev–Trinajstić information content (AvgIpc) is 2.89. The second-order valence-electron chi connectivity index (χ2n) is 5.04. The number of hydrogen-bond acceptors (Lipinski definition) is 4. The molecule has 2 heterocycles. The monoisotopic (exact) mass is 284 g/mol. The highest BCUT2D eigenvalue weighted by atomic mass is 16.4. The Kier molecular flexibility index (Phi) is 3.21. The first kappa shape index (κ1) is 13.4. The van der Waals surface area contributed by atoms with E-state index in [4.69, 9.17) is 10.8 Å². The van der Waals surface area contributed by atoms with Gasteiger partial charge in [0.1, 0.15) is 11.3 Å². The highest BCUT2D eigenvalue weighted by molar-refractivity contribution is 6.07. The van der Waals surface area contributed by atoms with E-state index in [9.17, 15) is 4.79 Å². The minimum atomic E-state index is -0.981. The number of pyridine rings is 1. The van der Waals surface area contributed by atoms with Crippen molar-refractivity contribution in [3.8, 4) is 0 Å². The van der Waals surface area contributed by atoms with Crippen molar-refractivity contribution in [1.82, 2.24) is 15.0 Å². The summed E-state index contributed by atoms with van der Waals surface area (Å²) in [5.74, 6) is 0.222. The molecule has 6 nitrogen and oxygen atoms in total. The predicted molar refractivity (Wildman–Crippen MR) is 81.4 cm³/mol. The lowest BCUT2D eigenvalue weighted by Crippen LogP contribution is -1.98. The smallest absolute Gasteiger partial charge is 0.335 e. The number of benzene rings is 1. The zero-order chi connectivity index (χ0) is 15.0. The fraction of sp³-hybridized carbons (Fsp3) is 0.267. The lowest BCUT2D eigenvalue weighted by molar-refractivity contribution is 0.0697. The lowest BCUT2D eigenvalue weighted by Gasteiger charge is -2.02. The molecular formula is C15H16N4O2. The van der Waals surface area contributed by atoms with E-state index in [2.05, 4.69) is 21.9 Å². The zero-order valence-electron chi connectivity index (χ0n) is 11.7. The van der Waals surface area contributed by atoms with Crippen molar-refractivity contribution in [2.75, 3.05) is 5.73 Å². The quantitative estimate of drug-likeness (QED) is 0.683. The Labute approximate surface area is 121 Å². The van der Waals surface area contributed by atoms with Crippen LogP contribution in [-0.2, 0) is 6.42 Å². The number of aromatic amines is 1. The van der Waals surface area contributed by atoms with Gasteiger partial charge in [-0.25, -0.2) is 14.8 Å². The standard InChI is InChI=1S/C15H16N4O2/c1-2-3-4-11-18-12-9-6-5-8(15(20)21)7-10(9)17-14(16)13(12)19-11/h5-7H,2-4H2,1H3,(H2,16,17)(H,18,19)(H,20,21). The number of nitrogens with two attached hydrogens (primary N) is 1. The van der Waals surface area contributed by atoms with Crippen molar-refractivity contribution in [1.29, 1.82) is 0 Å². The second kappa shape index (κ2) is 5.05. The molecule has 0 aliphatic carbocycles. The van der Waals surface area contributed by atoms with Gasteiger partial charge in [0.25, 0.3) is 0 Å². The van der Waals surface area contributed by atoms with Crippen LogP contribution in [0.4, 0.5) is 5.82 Å². The van der Waals surface area contributed by atoms with Crippen LogP contribution in [0.3, 0.4) is 0 Å². The van der Waals surface area contributed by atoms with Crippen molar-refractivity contribution in [2.24, 2.45) is 0 Å². The van der Waals surface area contributed by atoms with Crippen LogP contribution in [0.1, 0.15) is 35.9 Å². The third-order valence-electron chi connectivity index (χ3n) is 3.52. The lowest BCUT2D eigenvalue weighted by atomic mass is 10.1. The molecule has 0 unspecified atom stereocenters. The molecule has 0 aliphatic rings. The summed E-state index contributed by atoms with van der Waals surface area (Å²) in [6, 6.07) is 4.84. The number of rotatable bonds is 4. The Bertz CT molecular complexity index is 838. The first-order valence-electron chi connectivity index (χ1n) is 6.91. The van der Waals surface area contributed by atoms with Crippen molar-refractivity contribution >= 4 is 33.7 Å².